The summed E-state index contributed by atoms with van der Waals surface area (Å²) in [6.45, 7) is 3.83. The largest absolute Gasteiger partial charge is 0.467 e. The number of ether oxygens (including phenoxy) is 2. The van der Waals surface area contributed by atoms with E-state index in [1.165, 1.54) is 0 Å². The van der Waals surface area contributed by atoms with Crippen molar-refractivity contribution in [2.45, 2.75) is 13.8 Å². The standard InChI is InChI=1S/C17H19O3P/c1-12-7-6-10-16(17(12)20-11-19-3)21-15-9-5-4-8-14(15)13(2)18/h4-10,21H,11H2,1-3H3. The Kier molecular flexibility index (Phi) is 5.49. The molecule has 0 heterocycles. The Hall–Kier alpha value is -1.70. The molecule has 2 aromatic rings. The molecule has 0 aliphatic heterocycles. The van der Waals surface area contributed by atoms with Crippen LogP contribution in [-0.2, 0) is 4.74 Å². The highest BCUT2D eigenvalue weighted by Crippen LogP contribution is 2.24. The van der Waals surface area contributed by atoms with Crippen molar-refractivity contribution < 1.29 is 14.3 Å². The molecule has 0 aliphatic carbocycles. The fourth-order valence-corrected chi connectivity index (χ4v) is 3.53. The summed E-state index contributed by atoms with van der Waals surface area (Å²) in [6.07, 6.45) is 0. The second-order valence-electron chi connectivity index (χ2n) is 4.73. The van der Waals surface area contributed by atoms with Crippen LogP contribution in [0.15, 0.2) is 42.5 Å². The minimum absolute atomic E-state index is 0.0881. The number of carbonyl (C=O) groups is 1. The second kappa shape index (κ2) is 7.35. The Morgan fingerprint density at radius 1 is 1.10 bits per heavy atom. The van der Waals surface area contributed by atoms with Crippen LogP contribution < -0.4 is 15.3 Å². The van der Waals surface area contributed by atoms with Crippen LogP contribution in [0.5, 0.6) is 5.75 Å². The highest BCUT2D eigenvalue weighted by atomic mass is 31.1. The van der Waals surface area contributed by atoms with E-state index in [4.69, 9.17) is 9.47 Å². The van der Waals surface area contributed by atoms with Gasteiger partial charge in [-0.3, -0.25) is 4.79 Å². The molecule has 2 aromatic carbocycles. The summed E-state index contributed by atoms with van der Waals surface area (Å²) in [5, 5.41) is 2.12. The molecular formula is C17H19O3P. The zero-order valence-electron chi connectivity index (χ0n) is 12.5. The highest BCUT2D eigenvalue weighted by molar-refractivity contribution is 7.56. The summed E-state index contributed by atoms with van der Waals surface area (Å²) in [4.78, 5) is 11.7. The molecule has 4 heteroatoms. The number of ketones is 1. The normalized spacial score (nSPS) is 11.0. The van der Waals surface area contributed by atoms with Crippen LogP contribution in [0, 0.1) is 6.92 Å². The van der Waals surface area contributed by atoms with E-state index in [0.717, 1.165) is 27.5 Å². The van der Waals surface area contributed by atoms with E-state index in [1.807, 2.05) is 49.4 Å². The third kappa shape index (κ3) is 3.90. The maximum atomic E-state index is 11.7. The zero-order chi connectivity index (χ0) is 15.2. The van der Waals surface area contributed by atoms with Crippen LogP contribution in [0.4, 0.5) is 0 Å². The maximum absolute atomic E-state index is 11.7. The highest BCUT2D eigenvalue weighted by Gasteiger charge is 2.12. The summed E-state index contributed by atoms with van der Waals surface area (Å²) >= 11 is 0. The van der Waals surface area contributed by atoms with Crippen molar-refractivity contribution in [2.75, 3.05) is 13.9 Å². The number of Topliss-reactive ketones (excluding diaryl/α,β-unsaturated/α-hetero) is 1. The molecule has 21 heavy (non-hydrogen) atoms. The Balaban J connectivity index is 2.36. The molecule has 0 radical (unpaired) electrons. The van der Waals surface area contributed by atoms with Gasteiger partial charge in [0.05, 0.1) is 0 Å². The number of carbonyl (C=O) groups excluding carboxylic acids is 1. The molecule has 1 atom stereocenters. The average molecular weight is 302 g/mol. The molecule has 0 N–H and O–H groups in total. The van der Waals surface area contributed by atoms with Gasteiger partial charge in [-0.25, -0.2) is 0 Å². The first-order valence-electron chi connectivity index (χ1n) is 6.72. The number of hydrogen-bond donors (Lipinski definition) is 0. The van der Waals surface area contributed by atoms with Gasteiger partial charge < -0.3 is 9.47 Å². The van der Waals surface area contributed by atoms with Crippen molar-refractivity contribution in [3.8, 4) is 5.75 Å². The van der Waals surface area contributed by atoms with Crippen LogP contribution >= 0.6 is 8.58 Å². The van der Waals surface area contributed by atoms with Gasteiger partial charge >= 0.3 is 0 Å². The average Bonchev–Trinajstić information content (AvgIpc) is 2.47. The van der Waals surface area contributed by atoms with Gasteiger partial charge in [0, 0.05) is 18.0 Å². The molecule has 0 bridgehead atoms. The fraction of sp³-hybridized carbons (Fsp3) is 0.235. The van der Waals surface area contributed by atoms with E-state index >= 15 is 0 Å². The number of benzene rings is 2. The summed E-state index contributed by atoms with van der Waals surface area (Å²) in [7, 11) is 1.98. The molecule has 2 rings (SSSR count). The second-order valence-corrected chi connectivity index (χ2v) is 6.06. The van der Waals surface area contributed by atoms with Crippen LogP contribution in [0.1, 0.15) is 22.8 Å². The number of para-hydroxylation sites is 1. The van der Waals surface area contributed by atoms with Crippen molar-refractivity contribution in [1.82, 2.24) is 0 Å². The lowest BCUT2D eigenvalue weighted by Crippen LogP contribution is -2.15. The minimum atomic E-state index is 0.0881. The molecule has 0 aromatic heterocycles. The van der Waals surface area contributed by atoms with Crippen LogP contribution in [0.2, 0.25) is 0 Å². The predicted octanol–water partition coefficient (Wildman–Crippen LogP) is 2.81. The van der Waals surface area contributed by atoms with Gasteiger partial charge in [0.1, 0.15) is 5.75 Å². The number of aryl methyl sites for hydroxylation is 1. The van der Waals surface area contributed by atoms with Gasteiger partial charge in [-0.2, -0.15) is 0 Å². The molecule has 0 saturated carbocycles. The van der Waals surface area contributed by atoms with E-state index < -0.39 is 0 Å². The lowest BCUT2D eigenvalue weighted by molar-refractivity contribution is 0.0514. The van der Waals surface area contributed by atoms with Gasteiger partial charge in [0.15, 0.2) is 12.6 Å². The molecule has 0 spiro atoms. The molecule has 0 aliphatic rings. The van der Waals surface area contributed by atoms with Crippen molar-refractivity contribution in [3.63, 3.8) is 0 Å². The van der Waals surface area contributed by atoms with Gasteiger partial charge in [0.2, 0.25) is 0 Å². The summed E-state index contributed by atoms with van der Waals surface area (Å²) in [5.74, 6) is 0.932. The quantitative estimate of drug-likeness (QED) is 0.467. The van der Waals surface area contributed by atoms with E-state index in [9.17, 15) is 4.79 Å². The van der Waals surface area contributed by atoms with Gasteiger partial charge in [0.25, 0.3) is 0 Å². The fourth-order valence-electron chi connectivity index (χ4n) is 2.10. The van der Waals surface area contributed by atoms with Crippen molar-refractivity contribution >= 4 is 25.0 Å². The SMILES string of the molecule is COCOc1c(C)cccc1Pc1ccccc1C(C)=O. The molecule has 0 amide bonds. The Bertz CT molecular complexity index is 638. The smallest absolute Gasteiger partial charge is 0.188 e. The first-order chi connectivity index (χ1) is 10.1. The number of methoxy groups -OCH3 is 1. The molecular weight excluding hydrogens is 283 g/mol. The monoisotopic (exact) mass is 302 g/mol. The van der Waals surface area contributed by atoms with E-state index in [2.05, 4.69) is 0 Å². The van der Waals surface area contributed by atoms with E-state index in [1.54, 1.807) is 14.0 Å². The third-order valence-electron chi connectivity index (χ3n) is 3.11. The van der Waals surface area contributed by atoms with Crippen LogP contribution in [-0.4, -0.2) is 19.7 Å². The number of hydrogen-bond acceptors (Lipinski definition) is 3. The lowest BCUT2D eigenvalue weighted by Gasteiger charge is -2.14. The predicted molar refractivity (Wildman–Crippen MR) is 87.7 cm³/mol. The molecule has 3 nitrogen and oxygen atoms in total. The maximum Gasteiger partial charge on any atom is 0.188 e. The Morgan fingerprint density at radius 2 is 1.81 bits per heavy atom. The lowest BCUT2D eigenvalue weighted by atomic mass is 10.1. The Morgan fingerprint density at radius 3 is 2.52 bits per heavy atom. The minimum Gasteiger partial charge on any atom is -0.467 e. The van der Waals surface area contributed by atoms with Crippen molar-refractivity contribution in [1.29, 1.82) is 0 Å². The Labute approximate surface area is 127 Å². The first-order valence-corrected chi connectivity index (χ1v) is 7.72. The van der Waals surface area contributed by atoms with E-state index in [-0.39, 0.29) is 12.6 Å². The summed E-state index contributed by atoms with van der Waals surface area (Å²) < 4.78 is 10.7. The third-order valence-corrected chi connectivity index (χ3v) is 4.48. The van der Waals surface area contributed by atoms with Gasteiger partial charge in [-0.1, -0.05) is 51.0 Å². The zero-order valence-corrected chi connectivity index (χ0v) is 13.5. The van der Waals surface area contributed by atoms with E-state index in [0.29, 0.717) is 8.58 Å². The molecule has 0 saturated heterocycles. The summed E-state index contributed by atoms with van der Waals surface area (Å²) in [6, 6.07) is 13.8. The topological polar surface area (TPSA) is 35.5 Å². The van der Waals surface area contributed by atoms with Crippen molar-refractivity contribution in [3.05, 3.63) is 53.6 Å². The summed E-state index contributed by atoms with van der Waals surface area (Å²) in [5.41, 5.74) is 1.84. The number of rotatable bonds is 6. The van der Waals surface area contributed by atoms with Gasteiger partial charge in [-0.05, 0) is 24.7 Å². The molecule has 1 unspecified atom stereocenters. The van der Waals surface area contributed by atoms with Crippen LogP contribution in [0.25, 0.3) is 0 Å². The first kappa shape index (κ1) is 15.7. The van der Waals surface area contributed by atoms with Crippen LogP contribution in [0.3, 0.4) is 0 Å². The molecule has 0 fully saturated rings. The van der Waals surface area contributed by atoms with Crippen molar-refractivity contribution in [2.24, 2.45) is 0 Å². The van der Waals surface area contributed by atoms with Gasteiger partial charge in [-0.15, -0.1) is 0 Å². The molecule has 110 valence electrons.